The number of nitrogens with one attached hydrogen (secondary N) is 1. The molecule has 1 N–H and O–H groups in total. The highest BCUT2D eigenvalue weighted by molar-refractivity contribution is 5.82. The number of hydrogen-bond acceptors (Lipinski definition) is 4. The second-order valence-corrected chi connectivity index (χ2v) is 11.6. The Bertz CT molecular complexity index is 1190. The minimum atomic E-state index is -0.180. The fourth-order valence-corrected chi connectivity index (χ4v) is 5.93. The maximum absolute atomic E-state index is 11.7. The Morgan fingerprint density at radius 2 is 1.91 bits per heavy atom. The minimum absolute atomic E-state index is 0.180. The molecule has 3 aromatic rings. The van der Waals surface area contributed by atoms with Crippen LogP contribution in [0, 0.1) is 18.3 Å². The first-order valence-corrected chi connectivity index (χ1v) is 13.0. The number of anilines is 2. The molecule has 0 radical (unpaired) electrons. The molecule has 0 unspecified atom stereocenters. The number of nitrogens with zero attached hydrogens (tertiary/aromatic N) is 2. The van der Waals surface area contributed by atoms with E-state index in [9.17, 15) is 4.79 Å². The molecule has 2 aromatic carbocycles. The third-order valence-electron chi connectivity index (χ3n) is 7.54. The van der Waals surface area contributed by atoms with Crippen molar-refractivity contribution in [1.29, 1.82) is 0 Å². The van der Waals surface area contributed by atoms with Gasteiger partial charge in [-0.1, -0.05) is 46.8 Å². The summed E-state index contributed by atoms with van der Waals surface area (Å²) < 4.78 is 7.30. The van der Waals surface area contributed by atoms with Crippen LogP contribution in [-0.4, -0.2) is 22.6 Å². The standard InChI is InChI=1S/C30H41N3O2/c1-19(2)22-8-11-24(12-9-22)31-29-32-26-16-23(10-13-28(34)35-7)21(4)15-27(26)33(29)25-14-20(3)17-30(5,6)18-25/h8-9,11-12,15-16,19-20,25H,10,13-14,17-18H2,1-7H3,(H,31,32)/t20-,25+/m0/s1. The van der Waals surface area contributed by atoms with Gasteiger partial charge in [-0.05, 0) is 90.8 Å². The highest BCUT2D eigenvalue weighted by Crippen LogP contribution is 2.46. The Balaban J connectivity index is 1.76. The summed E-state index contributed by atoms with van der Waals surface area (Å²) in [6.45, 7) is 13.7. The first kappa shape index (κ1) is 25.3. The average molecular weight is 476 g/mol. The quantitative estimate of drug-likeness (QED) is 0.356. The largest absolute Gasteiger partial charge is 0.469 e. The Labute approximate surface area is 210 Å². The number of ether oxygens (including phenoxy) is 1. The summed E-state index contributed by atoms with van der Waals surface area (Å²) in [6.07, 6.45) is 4.58. The number of aromatic nitrogens is 2. The molecule has 0 saturated heterocycles. The predicted octanol–water partition coefficient (Wildman–Crippen LogP) is 7.70. The molecule has 0 bridgehead atoms. The van der Waals surface area contributed by atoms with Crippen LogP contribution in [0.5, 0.6) is 0 Å². The van der Waals surface area contributed by atoms with E-state index in [1.54, 1.807) is 0 Å². The van der Waals surface area contributed by atoms with Crippen LogP contribution in [0.1, 0.15) is 89.0 Å². The van der Waals surface area contributed by atoms with Crippen molar-refractivity contribution in [1.82, 2.24) is 9.55 Å². The van der Waals surface area contributed by atoms with Crippen molar-refractivity contribution in [2.45, 2.75) is 85.6 Å². The maximum Gasteiger partial charge on any atom is 0.305 e. The second-order valence-electron chi connectivity index (χ2n) is 11.6. The van der Waals surface area contributed by atoms with Crippen LogP contribution in [0.2, 0.25) is 0 Å². The molecule has 0 amide bonds. The van der Waals surface area contributed by atoms with E-state index >= 15 is 0 Å². The van der Waals surface area contributed by atoms with Crippen molar-refractivity contribution < 1.29 is 9.53 Å². The number of benzene rings is 2. The summed E-state index contributed by atoms with van der Waals surface area (Å²) in [6, 6.07) is 13.5. The number of esters is 1. The van der Waals surface area contributed by atoms with Gasteiger partial charge in [-0.15, -0.1) is 0 Å². The molecule has 188 valence electrons. The SMILES string of the molecule is COC(=O)CCc1cc2nc(Nc3ccc(C(C)C)cc3)n([C@@H]3C[C@H](C)CC(C)(C)C3)c2cc1C. The van der Waals surface area contributed by atoms with Crippen LogP contribution < -0.4 is 5.32 Å². The molecule has 0 spiro atoms. The van der Waals surface area contributed by atoms with E-state index in [1.807, 2.05) is 0 Å². The fraction of sp³-hybridized carbons (Fsp3) is 0.533. The highest BCUT2D eigenvalue weighted by Gasteiger charge is 2.34. The van der Waals surface area contributed by atoms with Crippen molar-refractivity contribution in [2.75, 3.05) is 12.4 Å². The van der Waals surface area contributed by atoms with Crippen LogP contribution in [0.15, 0.2) is 36.4 Å². The minimum Gasteiger partial charge on any atom is -0.469 e. The van der Waals surface area contributed by atoms with Gasteiger partial charge >= 0.3 is 5.97 Å². The Morgan fingerprint density at radius 3 is 2.54 bits per heavy atom. The first-order chi connectivity index (χ1) is 16.6. The van der Waals surface area contributed by atoms with Gasteiger partial charge in [0.05, 0.1) is 18.1 Å². The van der Waals surface area contributed by atoms with Crippen molar-refractivity contribution >= 4 is 28.6 Å². The zero-order valence-electron chi connectivity index (χ0n) is 22.4. The number of rotatable bonds is 7. The molecule has 1 aromatic heterocycles. The van der Waals surface area contributed by atoms with E-state index in [1.165, 1.54) is 30.2 Å². The topological polar surface area (TPSA) is 56.1 Å². The molecule has 1 aliphatic carbocycles. The van der Waals surface area contributed by atoms with Gasteiger partial charge in [0.15, 0.2) is 0 Å². The molecule has 2 atom stereocenters. The fourth-order valence-electron chi connectivity index (χ4n) is 5.93. The molecule has 35 heavy (non-hydrogen) atoms. The molecule has 1 heterocycles. The summed E-state index contributed by atoms with van der Waals surface area (Å²) in [7, 11) is 1.44. The monoisotopic (exact) mass is 475 g/mol. The number of carbonyl (C=O) groups excluding carboxylic acids is 1. The predicted molar refractivity (Wildman–Crippen MR) is 144 cm³/mol. The lowest BCUT2D eigenvalue weighted by Crippen LogP contribution is -2.29. The van der Waals surface area contributed by atoms with Gasteiger partial charge in [0.2, 0.25) is 5.95 Å². The number of imidazole rings is 1. The summed E-state index contributed by atoms with van der Waals surface area (Å²) in [5.74, 6) is 1.89. The van der Waals surface area contributed by atoms with Gasteiger partial charge in [-0.2, -0.15) is 0 Å². The van der Waals surface area contributed by atoms with E-state index < -0.39 is 0 Å². The number of fused-ring (bicyclic) bond motifs is 1. The number of aryl methyl sites for hydroxylation is 2. The Morgan fingerprint density at radius 1 is 1.20 bits per heavy atom. The number of hydrogen-bond donors (Lipinski definition) is 1. The normalized spacial score (nSPS) is 19.8. The maximum atomic E-state index is 11.7. The molecule has 4 rings (SSSR count). The summed E-state index contributed by atoms with van der Waals surface area (Å²) in [5, 5.41) is 3.64. The van der Waals surface area contributed by atoms with Crippen molar-refractivity contribution in [3.05, 3.63) is 53.1 Å². The van der Waals surface area contributed by atoms with E-state index in [0.717, 1.165) is 35.6 Å². The molecule has 1 aliphatic rings. The van der Waals surface area contributed by atoms with Gasteiger partial charge in [0, 0.05) is 18.2 Å². The van der Waals surface area contributed by atoms with E-state index in [4.69, 9.17) is 9.72 Å². The molecule has 5 heteroatoms. The zero-order chi connectivity index (χ0) is 25.3. The lowest BCUT2D eigenvalue weighted by Gasteiger charge is -2.40. The van der Waals surface area contributed by atoms with Crippen LogP contribution in [0.3, 0.4) is 0 Å². The molecule has 1 fully saturated rings. The van der Waals surface area contributed by atoms with E-state index in [-0.39, 0.29) is 5.97 Å². The van der Waals surface area contributed by atoms with Crippen molar-refractivity contribution in [2.24, 2.45) is 11.3 Å². The zero-order valence-corrected chi connectivity index (χ0v) is 22.4. The van der Waals surface area contributed by atoms with Gasteiger partial charge in [0.25, 0.3) is 0 Å². The summed E-state index contributed by atoms with van der Waals surface area (Å²) >= 11 is 0. The second kappa shape index (κ2) is 10.0. The lowest BCUT2D eigenvalue weighted by atomic mass is 9.70. The highest BCUT2D eigenvalue weighted by atomic mass is 16.5. The average Bonchev–Trinajstić information content (AvgIpc) is 3.12. The lowest BCUT2D eigenvalue weighted by molar-refractivity contribution is -0.140. The van der Waals surface area contributed by atoms with Gasteiger partial charge in [-0.25, -0.2) is 4.98 Å². The van der Waals surface area contributed by atoms with E-state index in [2.05, 4.69) is 87.8 Å². The summed E-state index contributed by atoms with van der Waals surface area (Å²) in [4.78, 5) is 16.8. The van der Waals surface area contributed by atoms with Gasteiger partial charge in [-0.3, -0.25) is 4.79 Å². The van der Waals surface area contributed by atoms with Gasteiger partial charge < -0.3 is 14.6 Å². The van der Waals surface area contributed by atoms with Crippen LogP contribution in [-0.2, 0) is 16.0 Å². The van der Waals surface area contributed by atoms with Crippen LogP contribution in [0.4, 0.5) is 11.6 Å². The summed E-state index contributed by atoms with van der Waals surface area (Å²) in [5.41, 5.74) is 7.17. The first-order valence-electron chi connectivity index (χ1n) is 13.0. The smallest absolute Gasteiger partial charge is 0.305 e. The Hall–Kier alpha value is -2.82. The number of methoxy groups -OCH3 is 1. The van der Waals surface area contributed by atoms with Gasteiger partial charge in [0.1, 0.15) is 0 Å². The molecule has 1 saturated carbocycles. The van der Waals surface area contributed by atoms with Crippen LogP contribution >= 0.6 is 0 Å². The Kier molecular flexibility index (Phi) is 7.25. The van der Waals surface area contributed by atoms with Crippen molar-refractivity contribution in [3.8, 4) is 0 Å². The molecule has 5 nitrogen and oxygen atoms in total. The molecule has 0 aliphatic heterocycles. The molecular formula is C30H41N3O2. The van der Waals surface area contributed by atoms with Crippen molar-refractivity contribution in [3.63, 3.8) is 0 Å². The number of carbonyl (C=O) groups is 1. The molecular weight excluding hydrogens is 434 g/mol. The third kappa shape index (κ3) is 5.71. The van der Waals surface area contributed by atoms with Crippen LogP contribution in [0.25, 0.3) is 11.0 Å². The third-order valence-corrected chi connectivity index (χ3v) is 7.54. The van der Waals surface area contributed by atoms with E-state index in [0.29, 0.717) is 36.1 Å².